The van der Waals surface area contributed by atoms with E-state index in [0.29, 0.717) is 40.9 Å². The highest BCUT2D eigenvalue weighted by Gasteiger charge is 2.25. The number of nitrogens with one attached hydrogen (secondary N) is 2. The normalized spacial score (nSPS) is 16.0. The van der Waals surface area contributed by atoms with E-state index in [2.05, 4.69) is 61.5 Å². The number of nitrogens with zero attached hydrogens (tertiary/aromatic N) is 6. The molecule has 0 atom stereocenters. The molecule has 0 spiro atoms. The highest BCUT2D eigenvalue weighted by Crippen LogP contribution is 2.30. The predicted molar refractivity (Wildman–Crippen MR) is 136 cm³/mol. The van der Waals surface area contributed by atoms with E-state index in [1.165, 1.54) is 18.1 Å². The van der Waals surface area contributed by atoms with Gasteiger partial charge in [-0.1, -0.05) is 0 Å². The summed E-state index contributed by atoms with van der Waals surface area (Å²) in [6.45, 7) is 8.96. The molecule has 0 saturated carbocycles. The number of amides is 1. The van der Waals surface area contributed by atoms with E-state index in [0.717, 1.165) is 31.9 Å². The molecule has 2 aliphatic rings. The molecular weight excluding hydrogens is 459 g/mol. The maximum atomic E-state index is 14.7. The maximum Gasteiger partial charge on any atom is 0.254 e. The van der Waals surface area contributed by atoms with Crippen LogP contribution in [0.25, 0.3) is 16.9 Å². The Morgan fingerprint density at radius 3 is 2.58 bits per heavy atom. The van der Waals surface area contributed by atoms with Crippen molar-refractivity contribution in [1.29, 1.82) is 0 Å². The summed E-state index contributed by atoms with van der Waals surface area (Å²) < 4.78 is 16.3. The number of rotatable bonds is 5. The third kappa shape index (κ3) is 3.93. The lowest BCUT2D eigenvalue weighted by Crippen LogP contribution is -2.48. The minimum absolute atomic E-state index is 0.102. The van der Waals surface area contributed by atoms with Crippen LogP contribution in [0.4, 0.5) is 21.6 Å². The Morgan fingerprint density at radius 1 is 1.06 bits per heavy atom. The van der Waals surface area contributed by atoms with Crippen LogP contribution in [0.5, 0.6) is 0 Å². The zero-order valence-electron chi connectivity index (χ0n) is 20.2. The van der Waals surface area contributed by atoms with Crippen molar-refractivity contribution in [1.82, 2.24) is 29.8 Å². The number of hydrogen-bond acceptors (Lipinski definition) is 7. The van der Waals surface area contributed by atoms with Gasteiger partial charge in [-0.05, 0) is 55.8 Å². The molecule has 4 aromatic rings. The van der Waals surface area contributed by atoms with Gasteiger partial charge in [0.15, 0.2) is 11.5 Å². The van der Waals surface area contributed by atoms with Crippen LogP contribution in [0, 0.1) is 5.82 Å². The Balaban J connectivity index is 1.23. The van der Waals surface area contributed by atoms with E-state index in [1.54, 1.807) is 16.8 Å². The SMILES string of the molecule is CC(C)N1CCN(c2ccc(Nc3ncc(-c4cc(F)c5c(c4)CNC5=O)n4ncnc34)cc2)CC1. The highest BCUT2D eigenvalue weighted by atomic mass is 19.1. The summed E-state index contributed by atoms with van der Waals surface area (Å²) >= 11 is 0. The fourth-order valence-electron chi connectivity index (χ4n) is 4.96. The lowest BCUT2D eigenvalue weighted by Gasteiger charge is -2.38. The number of fused-ring (bicyclic) bond motifs is 2. The van der Waals surface area contributed by atoms with E-state index in [-0.39, 0.29) is 11.5 Å². The van der Waals surface area contributed by atoms with Gasteiger partial charge in [0.2, 0.25) is 0 Å². The summed E-state index contributed by atoms with van der Waals surface area (Å²) in [7, 11) is 0. The second-order valence-corrected chi connectivity index (χ2v) is 9.45. The van der Waals surface area contributed by atoms with Crippen LogP contribution in [0.3, 0.4) is 0 Å². The predicted octanol–water partition coefficient (Wildman–Crippen LogP) is 3.45. The smallest absolute Gasteiger partial charge is 0.254 e. The van der Waals surface area contributed by atoms with Crippen molar-refractivity contribution in [3.63, 3.8) is 0 Å². The van der Waals surface area contributed by atoms with Crippen molar-refractivity contribution >= 4 is 28.7 Å². The Kier molecular flexibility index (Phi) is 5.52. The minimum atomic E-state index is -0.557. The van der Waals surface area contributed by atoms with Gasteiger partial charge in [-0.15, -0.1) is 0 Å². The second kappa shape index (κ2) is 8.87. The fourth-order valence-corrected chi connectivity index (χ4v) is 4.96. The molecule has 2 N–H and O–H groups in total. The lowest BCUT2D eigenvalue weighted by molar-refractivity contribution is 0.0962. The van der Waals surface area contributed by atoms with Gasteiger partial charge in [-0.2, -0.15) is 5.10 Å². The zero-order chi connectivity index (χ0) is 24.8. The number of anilines is 3. The van der Waals surface area contributed by atoms with Crippen molar-refractivity contribution in [3.05, 3.63) is 65.9 Å². The number of halogens is 1. The summed E-state index contributed by atoms with van der Waals surface area (Å²) in [6.07, 6.45) is 3.08. The summed E-state index contributed by atoms with van der Waals surface area (Å²) in [4.78, 5) is 25.7. The highest BCUT2D eigenvalue weighted by molar-refractivity contribution is 5.99. The first-order valence-corrected chi connectivity index (χ1v) is 12.1. The molecule has 36 heavy (non-hydrogen) atoms. The van der Waals surface area contributed by atoms with Gasteiger partial charge in [-0.25, -0.2) is 18.9 Å². The van der Waals surface area contributed by atoms with Gasteiger partial charge in [0.25, 0.3) is 5.91 Å². The van der Waals surface area contributed by atoms with Crippen LogP contribution in [-0.2, 0) is 6.54 Å². The number of piperazine rings is 1. The molecule has 1 amide bonds. The molecule has 10 heteroatoms. The van der Waals surface area contributed by atoms with Crippen molar-refractivity contribution in [2.24, 2.45) is 0 Å². The third-order valence-electron chi connectivity index (χ3n) is 6.98. The largest absolute Gasteiger partial charge is 0.369 e. The molecule has 0 aliphatic carbocycles. The van der Waals surface area contributed by atoms with Crippen LogP contribution in [-0.4, -0.2) is 62.6 Å². The van der Waals surface area contributed by atoms with Crippen molar-refractivity contribution in [2.45, 2.75) is 26.4 Å². The standard InChI is InChI=1S/C26H27FN8O/c1-16(2)33-7-9-34(10-8-33)20-5-3-19(4-6-20)32-24-25-30-15-31-35(25)22(14-28-24)17-11-18-13-29-26(36)23(18)21(27)12-17/h3-6,11-12,14-16H,7-10,13H2,1-2H3,(H,28,32)(H,29,36). The van der Waals surface area contributed by atoms with E-state index < -0.39 is 5.82 Å². The molecule has 9 nitrogen and oxygen atoms in total. The van der Waals surface area contributed by atoms with Crippen molar-refractivity contribution in [2.75, 3.05) is 36.4 Å². The van der Waals surface area contributed by atoms with E-state index in [1.807, 2.05) is 12.1 Å². The number of hydrogen-bond donors (Lipinski definition) is 2. The van der Waals surface area contributed by atoms with E-state index in [9.17, 15) is 9.18 Å². The molecule has 184 valence electrons. The number of aromatic nitrogens is 4. The molecule has 1 saturated heterocycles. The Labute approximate surface area is 208 Å². The molecule has 0 radical (unpaired) electrons. The topological polar surface area (TPSA) is 90.7 Å². The molecule has 2 aliphatic heterocycles. The quantitative estimate of drug-likeness (QED) is 0.447. The Bertz CT molecular complexity index is 1440. The molecule has 2 aromatic carbocycles. The van der Waals surface area contributed by atoms with Gasteiger partial charge < -0.3 is 15.5 Å². The minimum Gasteiger partial charge on any atom is -0.369 e. The first-order chi connectivity index (χ1) is 17.5. The van der Waals surface area contributed by atoms with Crippen molar-refractivity contribution < 1.29 is 9.18 Å². The maximum absolute atomic E-state index is 14.7. The molecule has 4 heterocycles. The molecule has 0 unspecified atom stereocenters. The summed E-state index contributed by atoms with van der Waals surface area (Å²) in [5.41, 5.74) is 4.51. The van der Waals surface area contributed by atoms with Crippen LogP contribution in [0.2, 0.25) is 0 Å². The Morgan fingerprint density at radius 2 is 1.83 bits per heavy atom. The lowest BCUT2D eigenvalue weighted by atomic mass is 10.0. The fraction of sp³-hybridized carbons (Fsp3) is 0.308. The van der Waals surface area contributed by atoms with Crippen LogP contribution < -0.4 is 15.5 Å². The average molecular weight is 487 g/mol. The van der Waals surface area contributed by atoms with Gasteiger partial charge in [-0.3, -0.25) is 9.69 Å². The third-order valence-corrected chi connectivity index (χ3v) is 6.98. The van der Waals surface area contributed by atoms with Gasteiger partial charge in [0, 0.05) is 55.7 Å². The first-order valence-electron chi connectivity index (χ1n) is 12.1. The van der Waals surface area contributed by atoms with E-state index >= 15 is 0 Å². The van der Waals surface area contributed by atoms with Crippen LogP contribution in [0.15, 0.2) is 48.9 Å². The summed E-state index contributed by atoms with van der Waals surface area (Å²) in [5, 5.41) is 10.3. The molecule has 2 aromatic heterocycles. The van der Waals surface area contributed by atoms with Crippen LogP contribution in [0.1, 0.15) is 29.8 Å². The summed E-state index contributed by atoms with van der Waals surface area (Å²) in [5.74, 6) is -0.395. The second-order valence-electron chi connectivity index (χ2n) is 9.45. The summed E-state index contributed by atoms with van der Waals surface area (Å²) in [6, 6.07) is 12.0. The molecule has 1 fully saturated rings. The van der Waals surface area contributed by atoms with Gasteiger partial charge >= 0.3 is 0 Å². The monoisotopic (exact) mass is 486 g/mol. The van der Waals surface area contributed by atoms with E-state index in [4.69, 9.17) is 0 Å². The van der Waals surface area contributed by atoms with Gasteiger partial charge in [0.05, 0.1) is 17.5 Å². The zero-order valence-corrected chi connectivity index (χ0v) is 20.2. The molecular formula is C26H27FN8O. The average Bonchev–Trinajstić information content (AvgIpc) is 3.52. The number of carbonyl (C=O) groups excluding carboxylic acids is 1. The molecule has 6 rings (SSSR count). The Hall–Kier alpha value is -4.05. The molecule has 0 bridgehead atoms. The first kappa shape index (κ1) is 22.4. The number of benzene rings is 2. The van der Waals surface area contributed by atoms with Gasteiger partial charge in [0.1, 0.15) is 12.1 Å². The van der Waals surface area contributed by atoms with Crippen molar-refractivity contribution in [3.8, 4) is 11.3 Å². The van der Waals surface area contributed by atoms with Crippen LogP contribution >= 0.6 is 0 Å². The number of carbonyl (C=O) groups is 1.